The van der Waals surface area contributed by atoms with Crippen molar-refractivity contribution in [2.75, 3.05) is 32.8 Å². The van der Waals surface area contributed by atoms with Crippen LogP contribution in [-0.4, -0.2) is 48.9 Å². The fraction of sp³-hybridized carbons (Fsp3) is 0.562. The van der Waals surface area contributed by atoms with Gasteiger partial charge in [-0.1, -0.05) is 19.1 Å². The molecular weight excluding hydrogens is 284 g/mol. The molecule has 1 aliphatic rings. The fourth-order valence-electron chi connectivity index (χ4n) is 2.29. The summed E-state index contributed by atoms with van der Waals surface area (Å²) >= 11 is 1.63. The first-order valence-electron chi connectivity index (χ1n) is 7.53. The summed E-state index contributed by atoms with van der Waals surface area (Å²) in [6.07, 6.45) is 0. The normalized spacial score (nSPS) is 16.8. The van der Waals surface area contributed by atoms with Crippen LogP contribution in [0.25, 0.3) is 0 Å². The molecule has 1 aliphatic heterocycles. The molecule has 0 bridgehead atoms. The van der Waals surface area contributed by atoms with Crippen molar-refractivity contribution >= 4 is 17.7 Å². The predicted octanol–water partition coefficient (Wildman–Crippen LogP) is 2.14. The van der Waals surface area contributed by atoms with Gasteiger partial charge >= 0.3 is 0 Å². The Morgan fingerprint density at radius 3 is 2.90 bits per heavy atom. The van der Waals surface area contributed by atoms with Gasteiger partial charge in [0.05, 0.1) is 18.5 Å². The predicted molar refractivity (Wildman–Crippen MR) is 86.5 cm³/mol. The van der Waals surface area contributed by atoms with Crippen LogP contribution in [0, 0.1) is 0 Å². The zero-order chi connectivity index (χ0) is 15.1. The van der Waals surface area contributed by atoms with Crippen LogP contribution in [0.2, 0.25) is 0 Å². The minimum Gasteiger partial charge on any atom is -0.378 e. The highest BCUT2D eigenvalue weighted by Gasteiger charge is 2.23. The second-order valence-electron chi connectivity index (χ2n) is 5.13. The summed E-state index contributed by atoms with van der Waals surface area (Å²) in [6.45, 7) is 8.65. The Bertz CT molecular complexity index is 461. The highest BCUT2D eigenvalue weighted by atomic mass is 32.2. The average molecular weight is 308 g/mol. The van der Waals surface area contributed by atoms with Crippen LogP contribution in [-0.2, 0) is 16.1 Å². The summed E-state index contributed by atoms with van der Waals surface area (Å²) in [5, 5.41) is 3.26. The molecule has 0 radical (unpaired) electrons. The van der Waals surface area contributed by atoms with Gasteiger partial charge in [-0.2, -0.15) is 0 Å². The van der Waals surface area contributed by atoms with E-state index in [-0.39, 0.29) is 11.2 Å². The third-order valence-electron chi connectivity index (χ3n) is 3.46. The second-order valence-corrected chi connectivity index (χ2v) is 6.54. The topological polar surface area (TPSA) is 41.6 Å². The molecule has 0 aliphatic carbocycles. The van der Waals surface area contributed by atoms with E-state index in [0.717, 1.165) is 18.0 Å². The number of morpholine rings is 1. The van der Waals surface area contributed by atoms with Crippen LogP contribution in [0.4, 0.5) is 0 Å². The zero-order valence-corrected chi connectivity index (χ0v) is 13.6. The first kappa shape index (κ1) is 16.3. The van der Waals surface area contributed by atoms with Crippen molar-refractivity contribution in [3.05, 3.63) is 29.8 Å². The number of nitrogens with one attached hydrogen (secondary N) is 1. The Hall–Kier alpha value is -1.04. The van der Waals surface area contributed by atoms with Crippen molar-refractivity contribution in [1.82, 2.24) is 10.2 Å². The first-order valence-corrected chi connectivity index (χ1v) is 8.41. The maximum Gasteiger partial charge on any atom is 0.235 e. The van der Waals surface area contributed by atoms with Crippen LogP contribution in [0.3, 0.4) is 0 Å². The molecule has 1 atom stereocenters. The number of thioether (sulfide) groups is 1. The molecule has 1 N–H and O–H groups in total. The van der Waals surface area contributed by atoms with Crippen molar-refractivity contribution in [3.63, 3.8) is 0 Å². The molecule has 0 aromatic heterocycles. The fourth-order valence-corrected chi connectivity index (χ4v) is 3.33. The Kier molecular flexibility index (Phi) is 6.54. The van der Waals surface area contributed by atoms with Gasteiger partial charge in [-0.25, -0.2) is 0 Å². The minimum atomic E-state index is -0.0579. The lowest BCUT2D eigenvalue weighted by atomic mass is 10.2. The lowest BCUT2D eigenvalue weighted by Crippen LogP contribution is -2.44. The monoisotopic (exact) mass is 308 g/mol. The van der Waals surface area contributed by atoms with Crippen molar-refractivity contribution in [3.8, 4) is 0 Å². The molecule has 0 spiro atoms. The highest BCUT2D eigenvalue weighted by molar-refractivity contribution is 8.00. The van der Waals surface area contributed by atoms with Crippen molar-refractivity contribution < 1.29 is 9.53 Å². The van der Waals surface area contributed by atoms with E-state index in [1.807, 2.05) is 11.8 Å². The summed E-state index contributed by atoms with van der Waals surface area (Å²) in [6, 6.07) is 8.40. The molecule has 1 amide bonds. The number of benzene rings is 1. The first-order chi connectivity index (χ1) is 10.2. The smallest absolute Gasteiger partial charge is 0.235 e. The van der Waals surface area contributed by atoms with Crippen LogP contribution >= 0.6 is 11.8 Å². The van der Waals surface area contributed by atoms with Gasteiger partial charge < -0.3 is 15.0 Å². The van der Waals surface area contributed by atoms with E-state index in [0.29, 0.717) is 26.3 Å². The summed E-state index contributed by atoms with van der Waals surface area (Å²) in [7, 11) is 0. The molecule has 1 unspecified atom stereocenters. The van der Waals surface area contributed by atoms with Gasteiger partial charge in [0.25, 0.3) is 0 Å². The quantitative estimate of drug-likeness (QED) is 0.818. The Morgan fingerprint density at radius 2 is 2.19 bits per heavy atom. The molecule has 5 heteroatoms. The Balaban J connectivity index is 1.91. The SMILES string of the molecule is CCNCc1cccc(SC(C)C(=O)N2CCOCC2)c1. The van der Waals surface area contributed by atoms with Gasteiger partial charge in [-0.3, -0.25) is 4.79 Å². The lowest BCUT2D eigenvalue weighted by Gasteiger charge is -2.29. The van der Waals surface area contributed by atoms with E-state index in [4.69, 9.17) is 4.74 Å². The van der Waals surface area contributed by atoms with E-state index in [2.05, 4.69) is 36.5 Å². The van der Waals surface area contributed by atoms with E-state index >= 15 is 0 Å². The van der Waals surface area contributed by atoms with E-state index in [9.17, 15) is 4.79 Å². The maximum absolute atomic E-state index is 12.4. The average Bonchev–Trinajstić information content (AvgIpc) is 2.53. The van der Waals surface area contributed by atoms with Gasteiger partial charge in [0.2, 0.25) is 5.91 Å². The van der Waals surface area contributed by atoms with E-state index < -0.39 is 0 Å². The molecule has 1 aromatic rings. The third-order valence-corrected chi connectivity index (χ3v) is 4.54. The van der Waals surface area contributed by atoms with Gasteiger partial charge in [0.15, 0.2) is 0 Å². The van der Waals surface area contributed by atoms with Gasteiger partial charge in [0, 0.05) is 24.5 Å². The van der Waals surface area contributed by atoms with E-state index in [1.54, 1.807) is 11.8 Å². The molecule has 1 saturated heterocycles. The molecule has 1 aromatic carbocycles. The molecule has 2 rings (SSSR count). The number of nitrogens with zero attached hydrogens (tertiary/aromatic N) is 1. The van der Waals surface area contributed by atoms with Crippen molar-refractivity contribution in [2.24, 2.45) is 0 Å². The molecule has 4 nitrogen and oxygen atoms in total. The largest absolute Gasteiger partial charge is 0.378 e. The summed E-state index contributed by atoms with van der Waals surface area (Å²) in [5.41, 5.74) is 1.26. The number of carbonyl (C=O) groups excluding carboxylic acids is 1. The van der Waals surface area contributed by atoms with Crippen LogP contribution in [0.15, 0.2) is 29.2 Å². The minimum absolute atomic E-state index is 0.0579. The number of rotatable bonds is 6. The molecule has 0 saturated carbocycles. The van der Waals surface area contributed by atoms with Gasteiger partial charge in [-0.05, 0) is 31.2 Å². The third kappa shape index (κ3) is 5.02. The number of hydrogen-bond acceptors (Lipinski definition) is 4. The number of hydrogen-bond donors (Lipinski definition) is 1. The lowest BCUT2D eigenvalue weighted by molar-refractivity contribution is -0.134. The van der Waals surface area contributed by atoms with Crippen molar-refractivity contribution in [2.45, 2.75) is 30.5 Å². The van der Waals surface area contributed by atoms with Gasteiger partial charge in [-0.15, -0.1) is 11.8 Å². The van der Waals surface area contributed by atoms with Crippen LogP contribution < -0.4 is 5.32 Å². The molecule has 1 heterocycles. The molecule has 1 fully saturated rings. The number of amides is 1. The number of ether oxygens (including phenoxy) is 1. The molecule has 116 valence electrons. The molecule has 21 heavy (non-hydrogen) atoms. The highest BCUT2D eigenvalue weighted by Crippen LogP contribution is 2.25. The maximum atomic E-state index is 12.4. The van der Waals surface area contributed by atoms with Gasteiger partial charge in [0.1, 0.15) is 0 Å². The van der Waals surface area contributed by atoms with Crippen LogP contribution in [0.5, 0.6) is 0 Å². The Labute approximate surface area is 131 Å². The van der Waals surface area contributed by atoms with Crippen molar-refractivity contribution in [1.29, 1.82) is 0 Å². The summed E-state index contributed by atoms with van der Waals surface area (Å²) in [4.78, 5) is 15.5. The molecular formula is C16H24N2O2S. The van der Waals surface area contributed by atoms with E-state index in [1.165, 1.54) is 5.56 Å². The summed E-state index contributed by atoms with van der Waals surface area (Å²) < 4.78 is 5.29. The number of carbonyl (C=O) groups is 1. The standard InChI is InChI=1S/C16H24N2O2S/c1-3-17-12-14-5-4-6-15(11-14)21-13(2)16(19)18-7-9-20-10-8-18/h4-6,11,13,17H,3,7-10,12H2,1-2H3. The zero-order valence-electron chi connectivity index (χ0n) is 12.8. The Morgan fingerprint density at radius 1 is 1.43 bits per heavy atom. The second kappa shape index (κ2) is 8.41. The van der Waals surface area contributed by atoms with Crippen LogP contribution in [0.1, 0.15) is 19.4 Å². The summed E-state index contributed by atoms with van der Waals surface area (Å²) in [5.74, 6) is 0.209.